The number of carbonyl (C=O) groups excluding carboxylic acids is 1. The van der Waals surface area contributed by atoms with Crippen molar-refractivity contribution in [3.8, 4) is 0 Å². The van der Waals surface area contributed by atoms with Gasteiger partial charge in [-0.2, -0.15) is 4.31 Å². The van der Waals surface area contributed by atoms with Crippen LogP contribution in [0.1, 0.15) is 18.4 Å². The second-order valence-electron chi connectivity index (χ2n) is 7.36. The number of likely N-dealkylation sites (tertiary alicyclic amines) is 1. The van der Waals surface area contributed by atoms with Gasteiger partial charge in [0.15, 0.2) is 0 Å². The van der Waals surface area contributed by atoms with Crippen molar-refractivity contribution in [1.82, 2.24) is 14.2 Å². The van der Waals surface area contributed by atoms with Crippen LogP contribution in [0, 0.1) is 5.92 Å². The van der Waals surface area contributed by atoms with Crippen LogP contribution in [0.4, 0.5) is 10.5 Å². The van der Waals surface area contributed by atoms with Crippen LogP contribution in [-0.4, -0.2) is 53.5 Å². The Balaban J connectivity index is 1.41. The van der Waals surface area contributed by atoms with E-state index in [1.807, 2.05) is 42.5 Å². The predicted octanol–water partition coefficient (Wildman–Crippen LogP) is 2.54. The third-order valence-electron chi connectivity index (χ3n) is 5.55. The molecule has 0 spiro atoms. The quantitative estimate of drug-likeness (QED) is 0.858. The van der Waals surface area contributed by atoms with E-state index in [9.17, 15) is 13.2 Å². The highest BCUT2D eigenvalue weighted by atomic mass is 32.2. The highest BCUT2D eigenvalue weighted by Gasteiger charge is 2.47. The van der Waals surface area contributed by atoms with Gasteiger partial charge in [0.1, 0.15) is 0 Å². The average molecular weight is 401 g/mol. The number of rotatable bonds is 3. The van der Waals surface area contributed by atoms with Crippen LogP contribution in [0.25, 0.3) is 0 Å². The molecule has 1 aromatic carbocycles. The Morgan fingerprint density at radius 3 is 2.64 bits per heavy atom. The van der Waals surface area contributed by atoms with Crippen molar-refractivity contribution in [2.24, 2.45) is 5.92 Å². The lowest BCUT2D eigenvalue weighted by atomic mass is 10.0. The monoisotopic (exact) mass is 400 g/mol. The molecule has 148 valence electrons. The Hall–Kier alpha value is -2.45. The minimum atomic E-state index is -3.37. The number of urea groups is 1. The van der Waals surface area contributed by atoms with Crippen molar-refractivity contribution in [2.45, 2.75) is 24.6 Å². The van der Waals surface area contributed by atoms with Crippen molar-refractivity contribution < 1.29 is 13.2 Å². The first-order valence-electron chi connectivity index (χ1n) is 9.53. The van der Waals surface area contributed by atoms with Gasteiger partial charge in [0.2, 0.25) is 10.0 Å². The van der Waals surface area contributed by atoms with Gasteiger partial charge in [-0.25, -0.2) is 13.2 Å². The van der Waals surface area contributed by atoms with Crippen LogP contribution in [0.15, 0.2) is 54.9 Å². The number of hydrogen-bond donors (Lipinski definition) is 1. The molecule has 3 heterocycles. The third-order valence-corrected chi connectivity index (χ3v) is 7.94. The summed E-state index contributed by atoms with van der Waals surface area (Å²) in [7, 11) is -3.37. The van der Waals surface area contributed by atoms with E-state index in [0.29, 0.717) is 39.0 Å². The lowest BCUT2D eigenvalue weighted by Gasteiger charge is -2.22. The van der Waals surface area contributed by atoms with Crippen molar-refractivity contribution in [3.05, 3.63) is 60.4 Å². The standard InChI is InChI=1S/C20H24N4O3S/c25-20(22-18-6-2-1-3-7-18)23-11-8-17-15-24(14-16-5-4-10-21-13-16)28(26,27)19(17)9-12-23/h1-7,10,13,17,19H,8-9,11-12,14-15H2,(H,22,25)/t17-,19-/m1/s1. The number of carbonyl (C=O) groups is 1. The molecule has 2 aliphatic heterocycles. The molecule has 0 radical (unpaired) electrons. The highest BCUT2D eigenvalue weighted by molar-refractivity contribution is 7.90. The van der Waals surface area contributed by atoms with Gasteiger partial charge in [-0.05, 0) is 42.5 Å². The zero-order chi connectivity index (χ0) is 19.6. The number of fused-ring (bicyclic) bond motifs is 1. The molecule has 1 aromatic heterocycles. The topological polar surface area (TPSA) is 82.6 Å². The molecule has 0 saturated carbocycles. The van der Waals surface area contributed by atoms with E-state index in [-0.39, 0.29) is 11.9 Å². The summed E-state index contributed by atoms with van der Waals surface area (Å²) >= 11 is 0. The fraction of sp³-hybridized carbons (Fsp3) is 0.400. The number of nitrogens with one attached hydrogen (secondary N) is 1. The Kier molecular flexibility index (Phi) is 5.32. The Bertz CT molecular complexity index is 921. The fourth-order valence-corrected chi connectivity index (χ4v) is 6.30. The molecule has 2 saturated heterocycles. The molecular formula is C20H24N4O3S. The van der Waals surface area contributed by atoms with Gasteiger partial charge >= 0.3 is 6.03 Å². The molecule has 4 rings (SSSR count). The summed E-state index contributed by atoms with van der Waals surface area (Å²) in [4.78, 5) is 18.4. The lowest BCUT2D eigenvalue weighted by Crippen LogP contribution is -2.37. The zero-order valence-corrected chi connectivity index (χ0v) is 16.4. The van der Waals surface area contributed by atoms with Crippen LogP contribution in [0.2, 0.25) is 0 Å². The lowest BCUT2D eigenvalue weighted by molar-refractivity contribution is 0.212. The van der Waals surface area contributed by atoms with E-state index in [1.54, 1.807) is 21.6 Å². The van der Waals surface area contributed by atoms with Gasteiger partial charge in [0.25, 0.3) is 0 Å². The van der Waals surface area contributed by atoms with E-state index in [4.69, 9.17) is 0 Å². The molecule has 0 unspecified atom stereocenters. The van der Waals surface area contributed by atoms with Crippen molar-refractivity contribution in [2.75, 3.05) is 25.0 Å². The van der Waals surface area contributed by atoms with E-state index in [2.05, 4.69) is 10.3 Å². The summed E-state index contributed by atoms with van der Waals surface area (Å²) in [5.41, 5.74) is 1.64. The third kappa shape index (κ3) is 3.88. The number of aromatic nitrogens is 1. The van der Waals surface area contributed by atoms with Crippen molar-refractivity contribution in [3.63, 3.8) is 0 Å². The molecule has 1 N–H and O–H groups in total. The van der Waals surface area contributed by atoms with Gasteiger partial charge in [0, 0.05) is 44.3 Å². The maximum absolute atomic E-state index is 13.0. The van der Waals surface area contributed by atoms with Crippen LogP contribution in [0.3, 0.4) is 0 Å². The Labute approximate surface area is 165 Å². The van der Waals surface area contributed by atoms with Gasteiger partial charge < -0.3 is 10.2 Å². The van der Waals surface area contributed by atoms with E-state index >= 15 is 0 Å². The first kappa shape index (κ1) is 18.9. The maximum atomic E-state index is 13.0. The van der Waals surface area contributed by atoms with E-state index < -0.39 is 15.3 Å². The van der Waals surface area contributed by atoms with E-state index in [1.165, 1.54) is 0 Å². The SMILES string of the molecule is O=C(Nc1ccccc1)N1CC[C@@H]2CN(Cc3cccnc3)S(=O)(=O)[C@@H]2CC1. The number of benzene rings is 1. The minimum Gasteiger partial charge on any atom is -0.324 e. The summed E-state index contributed by atoms with van der Waals surface area (Å²) in [5.74, 6) is 0.0520. The summed E-state index contributed by atoms with van der Waals surface area (Å²) in [6.07, 6.45) is 4.55. The molecule has 2 aliphatic rings. The van der Waals surface area contributed by atoms with Crippen molar-refractivity contribution in [1.29, 1.82) is 0 Å². The predicted molar refractivity (Wildman–Crippen MR) is 107 cm³/mol. The number of sulfonamides is 1. The summed E-state index contributed by atoms with van der Waals surface area (Å²) in [6, 6.07) is 12.8. The number of amides is 2. The molecular weight excluding hydrogens is 376 g/mol. The smallest absolute Gasteiger partial charge is 0.321 e. The molecule has 2 atom stereocenters. The molecule has 28 heavy (non-hydrogen) atoms. The van der Waals surface area contributed by atoms with Crippen molar-refractivity contribution >= 4 is 21.7 Å². The Morgan fingerprint density at radius 2 is 1.89 bits per heavy atom. The number of pyridine rings is 1. The van der Waals surface area contributed by atoms with Gasteiger partial charge in [0.05, 0.1) is 5.25 Å². The number of nitrogens with zero attached hydrogens (tertiary/aromatic N) is 3. The second kappa shape index (κ2) is 7.89. The molecule has 0 bridgehead atoms. The first-order valence-corrected chi connectivity index (χ1v) is 11.0. The van der Waals surface area contributed by atoms with Crippen LogP contribution in [-0.2, 0) is 16.6 Å². The summed E-state index contributed by atoms with van der Waals surface area (Å²) in [6.45, 7) is 1.88. The highest BCUT2D eigenvalue weighted by Crippen LogP contribution is 2.35. The van der Waals surface area contributed by atoms with Crippen LogP contribution >= 0.6 is 0 Å². The normalized spacial score (nSPS) is 24.4. The zero-order valence-electron chi connectivity index (χ0n) is 15.6. The number of para-hydroxylation sites is 1. The molecule has 2 amide bonds. The Morgan fingerprint density at radius 1 is 1.11 bits per heavy atom. The van der Waals surface area contributed by atoms with Gasteiger partial charge in [-0.1, -0.05) is 24.3 Å². The maximum Gasteiger partial charge on any atom is 0.321 e. The molecule has 7 nitrogen and oxygen atoms in total. The molecule has 2 fully saturated rings. The van der Waals surface area contributed by atoms with E-state index in [0.717, 1.165) is 11.3 Å². The summed E-state index contributed by atoms with van der Waals surface area (Å²) in [5, 5.41) is 2.47. The largest absolute Gasteiger partial charge is 0.324 e. The number of hydrogen-bond acceptors (Lipinski definition) is 4. The first-order chi connectivity index (χ1) is 13.5. The van der Waals surface area contributed by atoms with Crippen LogP contribution < -0.4 is 5.32 Å². The van der Waals surface area contributed by atoms with Crippen LogP contribution in [0.5, 0.6) is 0 Å². The molecule has 2 aromatic rings. The molecule has 8 heteroatoms. The average Bonchev–Trinajstić information content (AvgIpc) is 2.84. The van der Waals surface area contributed by atoms with Gasteiger partial charge in [-0.3, -0.25) is 4.98 Å². The summed E-state index contributed by atoms with van der Waals surface area (Å²) < 4.78 is 27.7. The van der Waals surface area contributed by atoms with Gasteiger partial charge in [-0.15, -0.1) is 0 Å². The minimum absolute atomic E-state index is 0.0520. The number of anilines is 1. The second-order valence-corrected chi connectivity index (χ2v) is 9.51. The fourth-order valence-electron chi connectivity index (χ4n) is 4.07. The molecule has 0 aliphatic carbocycles.